The first-order valence-corrected chi connectivity index (χ1v) is 13.8. The highest BCUT2D eigenvalue weighted by molar-refractivity contribution is 7.89. The summed E-state index contributed by atoms with van der Waals surface area (Å²) < 4.78 is 61.5. The van der Waals surface area contributed by atoms with Gasteiger partial charge in [0.2, 0.25) is 20.0 Å². The van der Waals surface area contributed by atoms with Gasteiger partial charge in [-0.3, -0.25) is 4.79 Å². The van der Waals surface area contributed by atoms with E-state index >= 15 is 0 Å². The standard InChI is InChI=1S/C21H28N4O6S2/c1-16-20(33(29,30)23-9-4-3-5-10-23)17(2)25(22-16)21(26)18-7-6-8-19(15-18)32(27,28)24-11-13-31-14-12-24/h6-8,15H,3-5,9-14H2,1-2H3. The molecule has 0 aliphatic carbocycles. The van der Waals surface area contributed by atoms with Gasteiger partial charge in [0.15, 0.2) is 0 Å². The number of hydrogen-bond acceptors (Lipinski definition) is 7. The van der Waals surface area contributed by atoms with Gasteiger partial charge in [-0.25, -0.2) is 16.8 Å². The molecule has 1 aromatic carbocycles. The van der Waals surface area contributed by atoms with Crippen LogP contribution in [0.15, 0.2) is 34.1 Å². The van der Waals surface area contributed by atoms with Crippen molar-refractivity contribution in [3.63, 3.8) is 0 Å². The molecule has 2 fully saturated rings. The number of benzene rings is 1. The summed E-state index contributed by atoms with van der Waals surface area (Å²) in [5, 5.41) is 4.21. The Hall–Kier alpha value is -2.12. The number of ether oxygens (including phenoxy) is 1. The normalized spacial score (nSPS) is 19.0. The lowest BCUT2D eigenvalue weighted by Gasteiger charge is -2.26. The van der Waals surface area contributed by atoms with Gasteiger partial charge in [0.05, 0.1) is 29.5 Å². The van der Waals surface area contributed by atoms with Gasteiger partial charge in [-0.2, -0.15) is 18.4 Å². The summed E-state index contributed by atoms with van der Waals surface area (Å²) in [5.74, 6) is -0.588. The van der Waals surface area contributed by atoms with Crippen LogP contribution < -0.4 is 0 Å². The minimum atomic E-state index is -3.78. The van der Waals surface area contributed by atoms with E-state index in [1.807, 2.05) is 0 Å². The van der Waals surface area contributed by atoms with Gasteiger partial charge >= 0.3 is 0 Å². The predicted octanol–water partition coefficient (Wildman–Crippen LogP) is 1.38. The number of aryl methyl sites for hydroxylation is 1. The first-order valence-electron chi connectivity index (χ1n) is 10.9. The van der Waals surface area contributed by atoms with Crippen molar-refractivity contribution in [1.82, 2.24) is 18.4 Å². The summed E-state index contributed by atoms with van der Waals surface area (Å²) in [6.07, 6.45) is 2.59. The van der Waals surface area contributed by atoms with E-state index in [9.17, 15) is 21.6 Å². The zero-order chi connectivity index (χ0) is 23.8. The third-order valence-corrected chi connectivity index (χ3v) is 10.1. The molecule has 0 bridgehead atoms. The molecule has 0 radical (unpaired) electrons. The molecule has 1 aromatic heterocycles. The number of piperidine rings is 1. The summed E-state index contributed by atoms with van der Waals surface area (Å²) in [4.78, 5) is 13.3. The Labute approximate surface area is 194 Å². The Morgan fingerprint density at radius 2 is 1.55 bits per heavy atom. The van der Waals surface area contributed by atoms with Gasteiger partial charge in [-0.1, -0.05) is 12.5 Å². The molecule has 2 aliphatic rings. The zero-order valence-electron chi connectivity index (χ0n) is 18.7. The van der Waals surface area contributed by atoms with E-state index in [4.69, 9.17) is 4.74 Å². The molecule has 2 aromatic rings. The second-order valence-electron chi connectivity index (χ2n) is 8.23. The van der Waals surface area contributed by atoms with E-state index in [-0.39, 0.29) is 39.8 Å². The molecule has 0 unspecified atom stereocenters. The van der Waals surface area contributed by atoms with Gasteiger partial charge in [0, 0.05) is 31.7 Å². The minimum Gasteiger partial charge on any atom is -0.379 e. The Kier molecular flexibility index (Phi) is 6.74. The molecule has 33 heavy (non-hydrogen) atoms. The van der Waals surface area contributed by atoms with E-state index in [0.717, 1.165) is 23.9 Å². The first kappa shape index (κ1) is 24.0. The van der Waals surface area contributed by atoms with Crippen molar-refractivity contribution in [2.75, 3.05) is 39.4 Å². The molecular formula is C21H28N4O6S2. The molecule has 0 N–H and O–H groups in total. The van der Waals surface area contributed by atoms with Crippen LogP contribution in [0.1, 0.15) is 41.0 Å². The Morgan fingerprint density at radius 3 is 2.21 bits per heavy atom. The van der Waals surface area contributed by atoms with E-state index in [1.54, 1.807) is 13.8 Å². The first-order chi connectivity index (χ1) is 15.6. The van der Waals surface area contributed by atoms with Crippen LogP contribution in [0, 0.1) is 13.8 Å². The second kappa shape index (κ2) is 9.26. The second-order valence-corrected chi connectivity index (χ2v) is 12.0. The van der Waals surface area contributed by atoms with Gasteiger partial charge < -0.3 is 4.74 Å². The van der Waals surface area contributed by atoms with Crippen molar-refractivity contribution >= 4 is 26.0 Å². The SMILES string of the molecule is Cc1nn(C(=O)c2cccc(S(=O)(=O)N3CCOCC3)c2)c(C)c1S(=O)(=O)N1CCCCC1. The largest absolute Gasteiger partial charge is 0.379 e. The molecule has 0 saturated carbocycles. The van der Waals surface area contributed by atoms with Crippen molar-refractivity contribution in [2.45, 2.75) is 42.9 Å². The molecule has 180 valence electrons. The van der Waals surface area contributed by atoms with Crippen LogP contribution in [0.5, 0.6) is 0 Å². The summed E-state index contributed by atoms with van der Waals surface area (Å²) >= 11 is 0. The average Bonchev–Trinajstić information content (AvgIpc) is 3.14. The van der Waals surface area contributed by atoms with Gasteiger partial charge in [0.25, 0.3) is 5.91 Å². The lowest BCUT2D eigenvalue weighted by atomic mass is 10.2. The third-order valence-electron chi connectivity index (χ3n) is 6.02. The van der Waals surface area contributed by atoms with Gasteiger partial charge in [0.1, 0.15) is 4.90 Å². The predicted molar refractivity (Wildman–Crippen MR) is 120 cm³/mol. The van der Waals surface area contributed by atoms with E-state index < -0.39 is 26.0 Å². The number of hydrogen-bond donors (Lipinski definition) is 0. The molecule has 0 amide bonds. The zero-order valence-corrected chi connectivity index (χ0v) is 20.4. The summed E-state index contributed by atoms with van der Waals surface area (Å²) in [6, 6.07) is 5.74. The number of rotatable bonds is 5. The molecule has 3 heterocycles. The van der Waals surface area contributed by atoms with Crippen LogP contribution in [0.4, 0.5) is 0 Å². The monoisotopic (exact) mass is 496 g/mol. The summed E-state index contributed by atoms with van der Waals surface area (Å²) in [7, 11) is -7.56. The Balaban J connectivity index is 1.67. The number of aromatic nitrogens is 2. The maximum atomic E-state index is 13.3. The van der Waals surface area contributed by atoms with Crippen LogP contribution in [0.3, 0.4) is 0 Å². The maximum absolute atomic E-state index is 13.3. The topological polar surface area (TPSA) is 119 Å². The Morgan fingerprint density at radius 1 is 0.909 bits per heavy atom. The van der Waals surface area contributed by atoms with Gasteiger partial charge in [-0.15, -0.1) is 0 Å². The maximum Gasteiger partial charge on any atom is 0.278 e. The molecule has 10 nitrogen and oxygen atoms in total. The molecule has 12 heteroatoms. The van der Waals surface area contributed by atoms with Crippen LogP contribution in [0.2, 0.25) is 0 Å². The fraction of sp³-hybridized carbons (Fsp3) is 0.524. The highest BCUT2D eigenvalue weighted by Gasteiger charge is 2.33. The molecule has 2 saturated heterocycles. The number of sulfonamides is 2. The van der Waals surface area contributed by atoms with E-state index in [0.29, 0.717) is 26.3 Å². The third kappa shape index (κ3) is 4.50. The van der Waals surface area contributed by atoms with Crippen molar-refractivity contribution in [2.24, 2.45) is 0 Å². The van der Waals surface area contributed by atoms with Gasteiger partial charge in [-0.05, 0) is 44.9 Å². The minimum absolute atomic E-state index is 0.00190. The average molecular weight is 497 g/mol. The van der Waals surface area contributed by atoms with Crippen LogP contribution >= 0.6 is 0 Å². The number of carbonyl (C=O) groups excluding carboxylic acids is 1. The van der Waals surface area contributed by atoms with Crippen LogP contribution in [0.25, 0.3) is 0 Å². The smallest absolute Gasteiger partial charge is 0.278 e. The van der Waals surface area contributed by atoms with Crippen molar-refractivity contribution in [3.05, 3.63) is 41.2 Å². The van der Waals surface area contributed by atoms with Crippen LogP contribution in [-0.4, -0.2) is 80.5 Å². The molecule has 4 rings (SSSR count). The van der Waals surface area contributed by atoms with Crippen molar-refractivity contribution in [1.29, 1.82) is 0 Å². The number of morpholine rings is 1. The lowest BCUT2D eigenvalue weighted by molar-refractivity contribution is 0.0730. The van der Waals surface area contributed by atoms with Crippen molar-refractivity contribution in [3.8, 4) is 0 Å². The highest BCUT2D eigenvalue weighted by Crippen LogP contribution is 2.27. The fourth-order valence-electron chi connectivity index (χ4n) is 4.28. The highest BCUT2D eigenvalue weighted by atomic mass is 32.2. The van der Waals surface area contributed by atoms with E-state index in [1.165, 1.54) is 32.9 Å². The summed E-state index contributed by atoms with van der Waals surface area (Å²) in [6.45, 7) is 5.13. The lowest BCUT2D eigenvalue weighted by Crippen LogP contribution is -2.40. The number of nitrogens with zero attached hydrogens (tertiary/aromatic N) is 4. The quantitative estimate of drug-likeness (QED) is 0.614. The van der Waals surface area contributed by atoms with Crippen LogP contribution in [-0.2, 0) is 24.8 Å². The number of carbonyl (C=O) groups is 1. The molecular weight excluding hydrogens is 468 g/mol. The summed E-state index contributed by atoms with van der Waals surface area (Å²) in [5.41, 5.74) is 0.560. The fourth-order valence-corrected chi connectivity index (χ4v) is 7.61. The molecule has 0 atom stereocenters. The molecule has 0 spiro atoms. The Bertz CT molecular complexity index is 1260. The van der Waals surface area contributed by atoms with Crippen molar-refractivity contribution < 1.29 is 26.4 Å². The molecule has 2 aliphatic heterocycles. The van der Waals surface area contributed by atoms with E-state index in [2.05, 4.69) is 5.10 Å².